The van der Waals surface area contributed by atoms with E-state index in [1.807, 2.05) is 0 Å². The van der Waals surface area contributed by atoms with Gasteiger partial charge < -0.3 is 4.74 Å². The van der Waals surface area contributed by atoms with Crippen LogP contribution < -0.4 is 0 Å². The van der Waals surface area contributed by atoms with Crippen molar-refractivity contribution in [2.24, 2.45) is 0 Å². The maximum Gasteiger partial charge on any atom is 0.416 e. The van der Waals surface area contributed by atoms with Gasteiger partial charge in [-0.25, -0.2) is 4.39 Å². The standard InChI is InChI=1S/C12H12F4O2/c1-3-18-11(7(2)17)8-4-9(12(14,15)16)6-10(13)5-8/h4-6,11H,3H2,1-2H3. The summed E-state index contributed by atoms with van der Waals surface area (Å²) < 4.78 is 55.7. The summed E-state index contributed by atoms with van der Waals surface area (Å²) in [6.45, 7) is 2.92. The normalized spacial score (nSPS) is 13.4. The van der Waals surface area contributed by atoms with Crippen LogP contribution in [0.3, 0.4) is 0 Å². The first-order valence-electron chi connectivity index (χ1n) is 5.25. The zero-order valence-corrected chi connectivity index (χ0v) is 9.84. The summed E-state index contributed by atoms with van der Waals surface area (Å²) in [6, 6.07) is 1.98. The maximum absolute atomic E-state index is 13.2. The SMILES string of the molecule is CCOC(C(C)=O)c1cc(F)cc(C(F)(F)F)c1. The molecule has 100 valence electrons. The van der Waals surface area contributed by atoms with Crippen molar-refractivity contribution in [3.63, 3.8) is 0 Å². The lowest BCUT2D eigenvalue weighted by Crippen LogP contribution is -2.15. The molecule has 0 aliphatic carbocycles. The molecule has 1 aromatic carbocycles. The van der Waals surface area contributed by atoms with Gasteiger partial charge in [0.1, 0.15) is 11.9 Å². The third kappa shape index (κ3) is 3.53. The molecule has 18 heavy (non-hydrogen) atoms. The first kappa shape index (κ1) is 14.6. The van der Waals surface area contributed by atoms with Gasteiger partial charge in [-0.1, -0.05) is 0 Å². The van der Waals surface area contributed by atoms with Crippen molar-refractivity contribution in [2.75, 3.05) is 6.61 Å². The number of rotatable bonds is 4. The number of halogens is 4. The molecule has 0 spiro atoms. The van der Waals surface area contributed by atoms with Crippen molar-refractivity contribution >= 4 is 5.78 Å². The molecule has 0 aliphatic heterocycles. The second-order valence-corrected chi connectivity index (χ2v) is 3.72. The number of carbonyl (C=O) groups is 1. The van der Waals surface area contributed by atoms with Crippen molar-refractivity contribution in [2.45, 2.75) is 26.1 Å². The summed E-state index contributed by atoms with van der Waals surface area (Å²) in [6.07, 6.45) is -5.84. The van der Waals surface area contributed by atoms with Gasteiger partial charge in [-0.15, -0.1) is 0 Å². The lowest BCUT2D eigenvalue weighted by Gasteiger charge is -2.16. The predicted molar refractivity (Wildman–Crippen MR) is 56.5 cm³/mol. The maximum atomic E-state index is 13.2. The number of alkyl halides is 3. The second kappa shape index (κ2) is 5.48. The molecule has 0 fully saturated rings. The van der Waals surface area contributed by atoms with Gasteiger partial charge in [0.05, 0.1) is 5.56 Å². The van der Waals surface area contributed by atoms with E-state index in [-0.39, 0.29) is 12.2 Å². The number of ketones is 1. The average molecular weight is 264 g/mol. The number of Topliss-reactive ketones (excluding diaryl/α,β-unsaturated/α-hetero) is 1. The van der Waals surface area contributed by atoms with E-state index in [1.54, 1.807) is 6.92 Å². The van der Waals surface area contributed by atoms with Gasteiger partial charge in [0.2, 0.25) is 0 Å². The van der Waals surface area contributed by atoms with E-state index in [0.717, 1.165) is 12.1 Å². The molecule has 1 rings (SSSR count). The van der Waals surface area contributed by atoms with Gasteiger partial charge in [0.25, 0.3) is 0 Å². The number of hydrogen-bond acceptors (Lipinski definition) is 2. The van der Waals surface area contributed by atoms with Crippen LogP contribution in [0.5, 0.6) is 0 Å². The van der Waals surface area contributed by atoms with E-state index in [2.05, 4.69) is 0 Å². The Morgan fingerprint density at radius 2 is 1.94 bits per heavy atom. The molecule has 0 aromatic heterocycles. The van der Waals surface area contributed by atoms with Gasteiger partial charge in [-0.2, -0.15) is 13.2 Å². The van der Waals surface area contributed by atoms with Crippen LogP contribution in [0, 0.1) is 5.82 Å². The Bertz CT molecular complexity index is 440. The molecule has 0 N–H and O–H groups in total. The van der Waals surface area contributed by atoms with Crippen LogP contribution in [0.2, 0.25) is 0 Å². The number of ether oxygens (including phenoxy) is 1. The van der Waals surface area contributed by atoms with Crippen LogP contribution >= 0.6 is 0 Å². The third-order valence-corrected chi connectivity index (χ3v) is 2.25. The topological polar surface area (TPSA) is 26.3 Å². The fourth-order valence-corrected chi connectivity index (χ4v) is 1.54. The summed E-state index contributed by atoms with van der Waals surface area (Å²) in [5.41, 5.74) is -1.26. The van der Waals surface area contributed by atoms with Crippen LogP contribution in [0.25, 0.3) is 0 Å². The Hall–Kier alpha value is -1.43. The molecule has 0 amide bonds. The van der Waals surface area contributed by atoms with E-state index < -0.39 is 29.4 Å². The Morgan fingerprint density at radius 3 is 2.39 bits per heavy atom. The summed E-state index contributed by atoms with van der Waals surface area (Å²) in [5.74, 6) is -1.53. The average Bonchev–Trinajstić information content (AvgIpc) is 2.23. The smallest absolute Gasteiger partial charge is 0.366 e. The molecule has 2 nitrogen and oxygen atoms in total. The fourth-order valence-electron chi connectivity index (χ4n) is 1.54. The molecule has 6 heteroatoms. The predicted octanol–water partition coefficient (Wildman–Crippen LogP) is 3.51. The highest BCUT2D eigenvalue weighted by Crippen LogP contribution is 2.32. The largest absolute Gasteiger partial charge is 0.416 e. The molecule has 1 aromatic rings. The first-order valence-corrected chi connectivity index (χ1v) is 5.25. The minimum atomic E-state index is -4.66. The van der Waals surface area contributed by atoms with Crippen molar-refractivity contribution in [3.8, 4) is 0 Å². The molecule has 0 aliphatic rings. The molecular formula is C12H12F4O2. The molecule has 0 saturated heterocycles. The molecule has 0 heterocycles. The molecule has 1 atom stereocenters. The molecule has 1 unspecified atom stereocenters. The van der Waals surface area contributed by atoms with E-state index in [9.17, 15) is 22.4 Å². The summed E-state index contributed by atoms with van der Waals surface area (Å²) in [4.78, 5) is 11.3. The monoisotopic (exact) mass is 264 g/mol. The second-order valence-electron chi connectivity index (χ2n) is 3.72. The van der Waals surface area contributed by atoms with Crippen LogP contribution in [-0.4, -0.2) is 12.4 Å². The number of benzene rings is 1. The minimum Gasteiger partial charge on any atom is -0.366 e. The van der Waals surface area contributed by atoms with Crippen LogP contribution in [-0.2, 0) is 15.7 Å². The van der Waals surface area contributed by atoms with Crippen LogP contribution in [0.4, 0.5) is 17.6 Å². The quantitative estimate of drug-likeness (QED) is 0.778. The Labute approximate surface area is 102 Å². The number of hydrogen-bond donors (Lipinski definition) is 0. The zero-order chi connectivity index (χ0) is 13.9. The van der Waals surface area contributed by atoms with E-state index >= 15 is 0 Å². The lowest BCUT2D eigenvalue weighted by atomic mass is 10.0. The van der Waals surface area contributed by atoms with Crippen molar-refractivity contribution in [1.82, 2.24) is 0 Å². The van der Waals surface area contributed by atoms with Gasteiger partial charge in [0.15, 0.2) is 5.78 Å². The van der Waals surface area contributed by atoms with Gasteiger partial charge >= 0.3 is 6.18 Å². The Morgan fingerprint density at radius 1 is 1.33 bits per heavy atom. The Balaban J connectivity index is 3.23. The molecule has 0 radical (unpaired) electrons. The highest BCUT2D eigenvalue weighted by atomic mass is 19.4. The zero-order valence-electron chi connectivity index (χ0n) is 9.84. The summed E-state index contributed by atoms with van der Waals surface area (Å²) in [7, 11) is 0. The first-order chi connectivity index (χ1) is 8.25. The third-order valence-electron chi connectivity index (χ3n) is 2.25. The summed E-state index contributed by atoms with van der Waals surface area (Å²) >= 11 is 0. The minimum absolute atomic E-state index is 0.128. The van der Waals surface area contributed by atoms with E-state index in [4.69, 9.17) is 4.74 Å². The van der Waals surface area contributed by atoms with Gasteiger partial charge in [0, 0.05) is 6.61 Å². The lowest BCUT2D eigenvalue weighted by molar-refractivity contribution is -0.138. The van der Waals surface area contributed by atoms with E-state index in [1.165, 1.54) is 6.92 Å². The van der Waals surface area contributed by atoms with Crippen LogP contribution in [0.1, 0.15) is 31.1 Å². The molecule has 0 saturated carbocycles. The highest BCUT2D eigenvalue weighted by molar-refractivity contribution is 5.82. The van der Waals surface area contributed by atoms with Crippen molar-refractivity contribution in [1.29, 1.82) is 0 Å². The molecule has 0 bridgehead atoms. The van der Waals surface area contributed by atoms with Gasteiger partial charge in [-0.05, 0) is 37.6 Å². The summed E-state index contributed by atoms with van der Waals surface area (Å²) in [5, 5.41) is 0. The fraction of sp³-hybridized carbons (Fsp3) is 0.417. The van der Waals surface area contributed by atoms with Crippen LogP contribution in [0.15, 0.2) is 18.2 Å². The van der Waals surface area contributed by atoms with E-state index in [0.29, 0.717) is 6.07 Å². The molecular weight excluding hydrogens is 252 g/mol. The van der Waals surface area contributed by atoms with Crippen molar-refractivity contribution in [3.05, 3.63) is 35.1 Å². The van der Waals surface area contributed by atoms with Gasteiger partial charge in [-0.3, -0.25) is 4.79 Å². The number of carbonyl (C=O) groups excluding carboxylic acids is 1. The van der Waals surface area contributed by atoms with Crippen molar-refractivity contribution < 1.29 is 27.1 Å². The Kier molecular flexibility index (Phi) is 4.45. The highest BCUT2D eigenvalue weighted by Gasteiger charge is 2.32.